The number of nitrogens with one attached hydrogen (secondary N) is 1. The number of hydrogen-bond acceptors (Lipinski definition) is 4. The lowest BCUT2D eigenvalue weighted by atomic mass is 10.2. The van der Waals surface area contributed by atoms with E-state index < -0.39 is 10.0 Å². The maximum atomic E-state index is 12.2. The van der Waals surface area contributed by atoms with Gasteiger partial charge in [-0.15, -0.1) is 0 Å². The third-order valence-corrected chi connectivity index (χ3v) is 4.84. The number of aliphatic hydroxyl groups excluding tert-OH is 1. The minimum atomic E-state index is -3.55. The second kappa shape index (κ2) is 6.38. The van der Waals surface area contributed by atoms with Gasteiger partial charge in [0.1, 0.15) is 0 Å². The molecule has 114 valence electrons. The summed E-state index contributed by atoms with van der Waals surface area (Å²) in [5, 5.41) is 12.9. The molecule has 1 heterocycles. The van der Waals surface area contributed by atoms with E-state index in [0.29, 0.717) is 6.42 Å². The van der Waals surface area contributed by atoms with Crippen LogP contribution in [0.2, 0.25) is 0 Å². The molecule has 0 amide bonds. The Kier molecular flexibility index (Phi) is 4.76. The zero-order chi connectivity index (χ0) is 15.5. The third kappa shape index (κ3) is 3.69. The van der Waals surface area contributed by atoms with Crippen molar-refractivity contribution in [2.24, 2.45) is 7.05 Å². The molecule has 1 aromatic carbocycles. The molecule has 6 nitrogen and oxygen atoms in total. The first-order chi connectivity index (χ1) is 9.94. The van der Waals surface area contributed by atoms with Gasteiger partial charge in [-0.25, -0.2) is 13.1 Å². The first-order valence-electron chi connectivity index (χ1n) is 6.61. The molecule has 2 N–H and O–H groups in total. The van der Waals surface area contributed by atoms with E-state index in [4.69, 9.17) is 5.11 Å². The van der Waals surface area contributed by atoms with Crippen molar-refractivity contribution in [3.05, 3.63) is 47.3 Å². The SMILES string of the molecule is Cc1c(CNS(=O)(=O)c2ccc(CCO)cc2)cnn1C. The number of aromatic nitrogens is 2. The molecule has 2 aromatic rings. The van der Waals surface area contributed by atoms with Gasteiger partial charge in [0.25, 0.3) is 0 Å². The molecular formula is C14H19N3O3S. The fraction of sp³-hybridized carbons (Fsp3) is 0.357. The van der Waals surface area contributed by atoms with Crippen LogP contribution >= 0.6 is 0 Å². The Morgan fingerprint density at radius 1 is 1.29 bits per heavy atom. The number of benzene rings is 1. The summed E-state index contributed by atoms with van der Waals surface area (Å²) in [6, 6.07) is 6.51. The molecule has 0 spiro atoms. The van der Waals surface area contributed by atoms with Crippen LogP contribution in [0.4, 0.5) is 0 Å². The van der Waals surface area contributed by atoms with E-state index in [2.05, 4.69) is 9.82 Å². The number of aliphatic hydroxyl groups is 1. The molecule has 0 saturated heterocycles. The minimum Gasteiger partial charge on any atom is -0.396 e. The zero-order valence-electron chi connectivity index (χ0n) is 12.1. The van der Waals surface area contributed by atoms with Gasteiger partial charge in [-0.3, -0.25) is 4.68 Å². The van der Waals surface area contributed by atoms with Gasteiger partial charge in [-0.2, -0.15) is 5.10 Å². The highest BCUT2D eigenvalue weighted by Crippen LogP contribution is 2.12. The van der Waals surface area contributed by atoms with Gasteiger partial charge in [0, 0.05) is 31.5 Å². The van der Waals surface area contributed by atoms with Crippen LogP contribution in [0.15, 0.2) is 35.4 Å². The lowest BCUT2D eigenvalue weighted by molar-refractivity contribution is 0.299. The van der Waals surface area contributed by atoms with Gasteiger partial charge in [-0.05, 0) is 31.0 Å². The van der Waals surface area contributed by atoms with Gasteiger partial charge < -0.3 is 5.11 Å². The smallest absolute Gasteiger partial charge is 0.240 e. The number of hydrogen-bond donors (Lipinski definition) is 2. The van der Waals surface area contributed by atoms with E-state index >= 15 is 0 Å². The molecular weight excluding hydrogens is 290 g/mol. The summed E-state index contributed by atoms with van der Waals surface area (Å²) in [5.41, 5.74) is 2.67. The Morgan fingerprint density at radius 2 is 1.95 bits per heavy atom. The van der Waals surface area contributed by atoms with E-state index in [-0.39, 0.29) is 18.0 Å². The second-order valence-electron chi connectivity index (χ2n) is 4.82. The molecule has 21 heavy (non-hydrogen) atoms. The fourth-order valence-electron chi connectivity index (χ4n) is 1.94. The highest BCUT2D eigenvalue weighted by molar-refractivity contribution is 7.89. The Balaban J connectivity index is 2.09. The third-order valence-electron chi connectivity index (χ3n) is 3.42. The first kappa shape index (κ1) is 15.7. The van der Waals surface area contributed by atoms with Crippen LogP contribution in [0, 0.1) is 6.92 Å². The van der Waals surface area contributed by atoms with Gasteiger partial charge in [0.2, 0.25) is 10.0 Å². The van der Waals surface area contributed by atoms with E-state index in [1.54, 1.807) is 35.1 Å². The van der Waals surface area contributed by atoms with Crippen LogP contribution in [0.25, 0.3) is 0 Å². The summed E-state index contributed by atoms with van der Waals surface area (Å²) < 4.78 is 28.7. The first-order valence-corrected chi connectivity index (χ1v) is 8.09. The normalized spacial score (nSPS) is 11.8. The van der Waals surface area contributed by atoms with Crippen molar-refractivity contribution >= 4 is 10.0 Å². The predicted octanol–water partition coefficient (Wildman–Crippen LogP) is 0.742. The van der Waals surface area contributed by atoms with E-state index in [0.717, 1.165) is 16.8 Å². The summed E-state index contributed by atoms with van der Waals surface area (Å²) in [6.45, 7) is 2.14. The molecule has 2 rings (SSSR count). The topological polar surface area (TPSA) is 84.2 Å². The maximum absolute atomic E-state index is 12.2. The Hall–Kier alpha value is -1.70. The molecule has 0 saturated carbocycles. The molecule has 0 bridgehead atoms. The molecule has 0 radical (unpaired) electrons. The van der Waals surface area contributed by atoms with Gasteiger partial charge >= 0.3 is 0 Å². The summed E-state index contributed by atoms with van der Waals surface area (Å²) >= 11 is 0. The summed E-state index contributed by atoms with van der Waals surface area (Å²) in [5.74, 6) is 0. The lowest BCUT2D eigenvalue weighted by Crippen LogP contribution is -2.23. The predicted molar refractivity (Wildman–Crippen MR) is 79.2 cm³/mol. The maximum Gasteiger partial charge on any atom is 0.240 e. The average molecular weight is 309 g/mol. The minimum absolute atomic E-state index is 0.0463. The standard InChI is InChI=1S/C14H19N3O3S/c1-11-13(9-15-17(11)2)10-16-21(19,20)14-5-3-12(4-6-14)7-8-18/h3-6,9,16,18H,7-8,10H2,1-2H3. The van der Waals surface area contributed by atoms with Crippen molar-refractivity contribution < 1.29 is 13.5 Å². The summed E-state index contributed by atoms with van der Waals surface area (Å²) in [7, 11) is -1.73. The number of aryl methyl sites for hydroxylation is 1. The summed E-state index contributed by atoms with van der Waals surface area (Å²) in [6.07, 6.45) is 2.17. The molecule has 0 fully saturated rings. The van der Waals surface area contributed by atoms with Crippen molar-refractivity contribution in [3.8, 4) is 0 Å². The van der Waals surface area contributed by atoms with Crippen molar-refractivity contribution in [1.29, 1.82) is 0 Å². The van der Waals surface area contributed by atoms with Gasteiger partial charge in [0.15, 0.2) is 0 Å². The molecule has 1 aromatic heterocycles. The molecule has 0 atom stereocenters. The van der Waals surface area contributed by atoms with E-state index in [1.807, 2.05) is 14.0 Å². The highest BCUT2D eigenvalue weighted by Gasteiger charge is 2.14. The highest BCUT2D eigenvalue weighted by atomic mass is 32.2. The van der Waals surface area contributed by atoms with E-state index in [9.17, 15) is 8.42 Å². The monoisotopic (exact) mass is 309 g/mol. The van der Waals surface area contributed by atoms with E-state index in [1.165, 1.54) is 0 Å². The fourth-order valence-corrected chi connectivity index (χ4v) is 2.94. The van der Waals surface area contributed by atoms with Crippen LogP contribution in [-0.4, -0.2) is 29.9 Å². The average Bonchev–Trinajstić information content (AvgIpc) is 2.78. The van der Waals surface area contributed by atoms with Crippen LogP contribution in [-0.2, 0) is 30.0 Å². The van der Waals surface area contributed by atoms with Gasteiger partial charge in [-0.1, -0.05) is 12.1 Å². The summed E-state index contributed by atoms with van der Waals surface area (Å²) in [4.78, 5) is 0.214. The molecule has 0 aliphatic heterocycles. The Labute approximate surface area is 124 Å². The van der Waals surface area contributed by atoms with Crippen LogP contribution in [0.5, 0.6) is 0 Å². The number of rotatable bonds is 6. The molecule has 0 unspecified atom stereocenters. The van der Waals surface area contributed by atoms with Gasteiger partial charge in [0.05, 0.1) is 11.1 Å². The quantitative estimate of drug-likeness (QED) is 0.824. The van der Waals surface area contributed by atoms with Crippen molar-refractivity contribution in [2.45, 2.75) is 24.8 Å². The van der Waals surface area contributed by atoms with Crippen molar-refractivity contribution in [1.82, 2.24) is 14.5 Å². The molecule has 7 heteroatoms. The zero-order valence-corrected chi connectivity index (χ0v) is 12.9. The second-order valence-corrected chi connectivity index (χ2v) is 6.59. The largest absolute Gasteiger partial charge is 0.396 e. The Morgan fingerprint density at radius 3 is 2.48 bits per heavy atom. The lowest BCUT2D eigenvalue weighted by Gasteiger charge is -2.07. The van der Waals surface area contributed by atoms with Crippen LogP contribution in [0.1, 0.15) is 16.8 Å². The van der Waals surface area contributed by atoms with Crippen molar-refractivity contribution in [3.63, 3.8) is 0 Å². The van der Waals surface area contributed by atoms with Crippen molar-refractivity contribution in [2.75, 3.05) is 6.61 Å². The molecule has 0 aliphatic carbocycles. The molecule has 0 aliphatic rings. The van der Waals surface area contributed by atoms with Crippen LogP contribution in [0.3, 0.4) is 0 Å². The Bertz CT molecular complexity index is 706. The number of sulfonamides is 1. The van der Waals surface area contributed by atoms with Crippen LogP contribution < -0.4 is 4.72 Å². The number of nitrogens with zero attached hydrogens (tertiary/aromatic N) is 2.